The number of benzene rings is 2. The average molecular weight is 415 g/mol. The first kappa shape index (κ1) is 18.4. The number of aryl methyl sites for hydroxylation is 2. The molecule has 0 radical (unpaired) electrons. The van der Waals surface area contributed by atoms with Gasteiger partial charge in [-0.3, -0.25) is 9.59 Å². The van der Waals surface area contributed by atoms with Gasteiger partial charge < -0.3 is 9.15 Å². The summed E-state index contributed by atoms with van der Waals surface area (Å²) in [7, 11) is 0. The van der Waals surface area contributed by atoms with Crippen molar-refractivity contribution in [3.05, 3.63) is 63.3 Å². The molecule has 4 nitrogen and oxygen atoms in total. The zero-order valence-corrected chi connectivity index (χ0v) is 16.5. The second kappa shape index (κ2) is 7.46. The summed E-state index contributed by atoms with van der Waals surface area (Å²) in [6, 6.07) is 9.03. The van der Waals surface area contributed by atoms with Crippen molar-refractivity contribution in [2.75, 3.05) is 0 Å². The zero-order chi connectivity index (χ0) is 18.8. The van der Waals surface area contributed by atoms with Crippen LogP contribution in [0.25, 0.3) is 11.0 Å². The second-order valence-electron chi connectivity index (χ2n) is 6.26. The van der Waals surface area contributed by atoms with Crippen LogP contribution in [0, 0.1) is 13.8 Å². The third-order valence-corrected chi connectivity index (χ3v) is 4.88. The molecule has 1 heterocycles. The molecule has 0 amide bonds. The number of furan rings is 1. The van der Waals surface area contributed by atoms with E-state index in [9.17, 15) is 9.59 Å². The fourth-order valence-corrected chi connectivity index (χ4v) is 3.15. The summed E-state index contributed by atoms with van der Waals surface area (Å²) < 4.78 is 11.8. The Balaban J connectivity index is 1.84. The molecule has 0 N–H and O–H groups in total. The van der Waals surface area contributed by atoms with Crippen molar-refractivity contribution < 1.29 is 18.7 Å². The van der Waals surface area contributed by atoms with Crippen LogP contribution in [-0.2, 0) is 11.2 Å². The Morgan fingerprint density at radius 3 is 2.58 bits per heavy atom. The van der Waals surface area contributed by atoms with Crippen molar-refractivity contribution in [3.63, 3.8) is 0 Å². The molecule has 3 aromatic rings. The number of ketones is 1. The topological polar surface area (TPSA) is 56.5 Å². The van der Waals surface area contributed by atoms with Crippen LogP contribution in [0.5, 0.6) is 5.75 Å². The first-order valence-corrected chi connectivity index (χ1v) is 9.19. The Hall–Kier alpha value is -2.40. The smallest absolute Gasteiger partial charge is 0.315 e. The maximum atomic E-state index is 12.4. The molecule has 0 saturated carbocycles. The Kier molecular flexibility index (Phi) is 5.28. The molecule has 0 atom stereocenters. The summed E-state index contributed by atoms with van der Waals surface area (Å²) >= 11 is 3.34. The van der Waals surface area contributed by atoms with E-state index in [1.807, 2.05) is 26.0 Å². The number of carbonyl (C=O) groups excluding carboxylic acids is 2. The Morgan fingerprint density at radius 2 is 1.85 bits per heavy atom. The summed E-state index contributed by atoms with van der Waals surface area (Å²) in [6.45, 7) is 5.82. The molecule has 26 heavy (non-hydrogen) atoms. The van der Waals surface area contributed by atoms with Crippen molar-refractivity contribution >= 4 is 38.7 Å². The van der Waals surface area contributed by atoms with Gasteiger partial charge in [-0.05, 0) is 55.3 Å². The zero-order valence-electron chi connectivity index (χ0n) is 14.9. The lowest BCUT2D eigenvalue weighted by Gasteiger charge is -2.09. The van der Waals surface area contributed by atoms with E-state index in [-0.39, 0.29) is 18.0 Å². The van der Waals surface area contributed by atoms with Crippen molar-refractivity contribution in [1.29, 1.82) is 0 Å². The number of ether oxygens (including phenoxy) is 1. The van der Waals surface area contributed by atoms with E-state index in [0.29, 0.717) is 12.0 Å². The van der Waals surface area contributed by atoms with Crippen molar-refractivity contribution in [2.45, 2.75) is 33.6 Å². The summed E-state index contributed by atoms with van der Waals surface area (Å²) in [5.41, 5.74) is 4.20. The molecule has 3 rings (SSSR count). The molecule has 0 unspecified atom stereocenters. The maximum Gasteiger partial charge on any atom is 0.315 e. The summed E-state index contributed by atoms with van der Waals surface area (Å²) in [4.78, 5) is 24.5. The van der Waals surface area contributed by atoms with E-state index in [1.165, 1.54) is 0 Å². The van der Waals surface area contributed by atoms with E-state index < -0.39 is 5.97 Å². The molecule has 2 aromatic carbocycles. The van der Waals surface area contributed by atoms with Gasteiger partial charge in [-0.1, -0.05) is 22.9 Å². The summed E-state index contributed by atoms with van der Waals surface area (Å²) in [5.74, 6) is -0.225. The molecule has 134 valence electrons. The fourth-order valence-electron chi connectivity index (χ4n) is 2.79. The fraction of sp³-hybridized carbons (Fsp3) is 0.238. The van der Waals surface area contributed by atoms with Crippen LogP contribution in [0.3, 0.4) is 0 Å². The minimum Gasteiger partial charge on any atom is -0.464 e. The third-order valence-electron chi connectivity index (χ3n) is 4.39. The predicted molar refractivity (Wildman–Crippen MR) is 104 cm³/mol. The van der Waals surface area contributed by atoms with E-state index in [1.54, 1.807) is 31.4 Å². The molecule has 1 aromatic heterocycles. The van der Waals surface area contributed by atoms with Gasteiger partial charge in [-0.2, -0.15) is 0 Å². The molecular weight excluding hydrogens is 396 g/mol. The first-order chi connectivity index (χ1) is 12.4. The predicted octanol–water partition coefficient (Wildman–Crippen LogP) is 5.55. The highest BCUT2D eigenvalue weighted by atomic mass is 79.9. The van der Waals surface area contributed by atoms with Crippen molar-refractivity contribution in [1.82, 2.24) is 0 Å². The minimum absolute atomic E-state index is 0.0747. The van der Waals surface area contributed by atoms with Crippen molar-refractivity contribution in [2.24, 2.45) is 0 Å². The molecule has 0 aliphatic carbocycles. The monoisotopic (exact) mass is 414 g/mol. The number of carbonyl (C=O) groups is 2. The van der Waals surface area contributed by atoms with Gasteiger partial charge in [-0.15, -0.1) is 0 Å². The number of esters is 1. The largest absolute Gasteiger partial charge is 0.464 e. The van der Waals surface area contributed by atoms with Crippen LogP contribution in [0.15, 0.2) is 45.5 Å². The van der Waals surface area contributed by atoms with Gasteiger partial charge in [0, 0.05) is 21.8 Å². The minimum atomic E-state index is -0.432. The van der Waals surface area contributed by atoms with Gasteiger partial charge in [0.2, 0.25) is 0 Å². The van der Waals surface area contributed by atoms with E-state index in [4.69, 9.17) is 9.15 Å². The van der Waals surface area contributed by atoms with Crippen LogP contribution >= 0.6 is 15.9 Å². The number of hydrogen-bond acceptors (Lipinski definition) is 4. The Labute approximate surface area is 160 Å². The van der Waals surface area contributed by atoms with Crippen LogP contribution in [0.1, 0.15) is 40.4 Å². The molecule has 0 bridgehead atoms. The highest BCUT2D eigenvalue weighted by Crippen LogP contribution is 2.27. The molecule has 5 heteroatoms. The van der Waals surface area contributed by atoms with E-state index in [2.05, 4.69) is 15.9 Å². The van der Waals surface area contributed by atoms with Crippen LogP contribution in [0.4, 0.5) is 0 Å². The number of halogens is 1. The number of rotatable bonds is 5. The average Bonchev–Trinajstić information content (AvgIpc) is 2.97. The van der Waals surface area contributed by atoms with Crippen LogP contribution in [-0.4, -0.2) is 11.8 Å². The number of fused-ring (bicyclic) bond motifs is 1. The standard InChI is InChI=1S/C21H19BrO4/c1-4-18(23)17-10-15(22)5-6-19(17)26-21(24)9-14-11-25-20-8-13(3)12(2)7-16(14)20/h5-8,10-11H,4,9H2,1-3H3. The van der Waals surface area contributed by atoms with Crippen molar-refractivity contribution in [3.8, 4) is 5.75 Å². The molecular formula is C21H19BrO4. The van der Waals surface area contributed by atoms with Crippen LogP contribution in [0.2, 0.25) is 0 Å². The van der Waals surface area contributed by atoms with E-state index >= 15 is 0 Å². The molecule has 0 saturated heterocycles. The Bertz CT molecular complexity index is 1000. The maximum absolute atomic E-state index is 12.4. The number of Topliss-reactive ketones (excluding diaryl/α,β-unsaturated/α-hetero) is 1. The van der Waals surface area contributed by atoms with E-state index in [0.717, 1.165) is 32.1 Å². The van der Waals surface area contributed by atoms with Gasteiger partial charge in [0.1, 0.15) is 11.3 Å². The summed E-state index contributed by atoms with van der Waals surface area (Å²) in [6.07, 6.45) is 2.00. The van der Waals surface area contributed by atoms with Gasteiger partial charge in [-0.25, -0.2) is 0 Å². The lowest BCUT2D eigenvalue weighted by atomic mass is 10.0. The lowest BCUT2D eigenvalue weighted by molar-refractivity contribution is -0.133. The van der Waals surface area contributed by atoms with Gasteiger partial charge >= 0.3 is 5.97 Å². The second-order valence-corrected chi connectivity index (χ2v) is 7.18. The van der Waals surface area contributed by atoms with Crippen LogP contribution < -0.4 is 4.74 Å². The SMILES string of the molecule is CCC(=O)c1cc(Br)ccc1OC(=O)Cc1coc2cc(C)c(C)cc12. The summed E-state index contributed by atoms with van der Waals surface area (Å²) in [5, 5.41) is 0.908. The Morgan fingerprint density at radius 1 is 1.12 bits per heavy atom. The quantitative estimate of drug-likeness (QED) is 0.311. The van der Waals surface area contributed by atoms with Gasteiger partial charge in [0.25, 0.3) is 0 Å². The van der Waals surface area contributed by atoms with Gasteiger partial charge in [0.15, 0.2) is 5.78 Å². The molecule has 0 fully saturated rings. The molecule has 0 aliphatic rings. The highest BCUT2D eigenvalue weighted by Gasteiger charge is 2.17. The third kappa shape index (κ3) is 3.73. The highest BCUT2D eigenvalue weighted by molar-refractivity contribution is 9.10. The molecule has 0 spiro atoms. The normalized spacial score (nSPS) is 10.9. The number of hydrogen-bond donors (Lipinski definition) is 0. The first-order valence-electron chi connectivity index (χ1n) is 8.39. The van der Waals surface area contributed by atoms with Gasteiger partial charge in [0.05, 0.1) is 18.2 Å². The molecule has 0 aliphatic heterocycles. The lowest BCUT2D eigenvalue weighted by Crippen LogP contribution is -2.13.